The molecule has 0 bridgehead atoms. The molecule has 14 heavy (non-hydrogen) atoms. The fourth-order valence-corrected chi connectivity index (χ4v) is 0.976. The Morgan fingerprint density at radius 3 is 2.21 bits per heavy atom. The number of halogens is 1. The number of hydrogen-bond donors (Lipinski definition) is 0. The van der Waals surface area contributed by atoms with E-state index in [0.29, 0.717) is 11.5 Å². The minimum absolute atomic E-state index is 0.274. The van der Waals surface area contributed by atoms with Crippen molar-refractivity contribution in [1.82, 2.24) is 0 Å². The van der Waals surface area contributed by atoms with Crippen molar-refractivity contribution in [2.24, 2.45) is 0 Å². The van der Waals surface area contributed by atoms with Crippen LogP contribution in [0.4, 0.5) is 4.79 Å². The van der Waals surface area contributed by atoms with Gasteiger partial charge in [0.05, 0.1) is 5.76 Å². The lowest BCUT2D eigenvalue weighted by atomic mass is 10.3. The molecule has 0 fully saturated rings. The molecule has 0 N–H and O–H groups in total. The second-order valence-electron chi connectivity index (χ2n) is 2.59. The highest BCUT2D eigenvalue weighted by molar-refractivity contribution is 6.61. The zero-order valence-corrected chi connectivity index (χ0v) is 8.38. The van der Waals surface area contributed by atoms with Gasteiger partial charge in [0.1, 0.15) is 0 Å². The molecule has 0 aliphatic carbocycles. The van der Waals surface area contributed by atoms with Gasteiger partial charge in [0, 0.05) is 11.6 Å². The van der Waals surface area contributed by atoms with Crippen LogP contribution in [0.5, 0.6) is 11.5 Å². The first-order valence-corrected chi connectivity index (χ1v) is 4.27. The first kappa shape index (κ1) is 10.6. The maximum Gasteiger partial charge on any atom is 0.409 e. The highest BCUT2D eigenvalue weighted by Gasteiger charge is 2.07. The van der Waals surface area contributed by atoms with Crippen molar-refractivity contribution in [3.8, 4) is 11.5 Å². The highest BCUT2D eigenvalue weighted by atomic mass is 35.5. The van der Waals surface area contributed by atoms with Crippen LogP contribution in [0.2, 0.25) is 0 Å². The topological polar surface area (TPSA) is 35.5 Å². The van der Waals surface area contributed by atoms with Crippen LogP contribution < -0.4 is 9.47 Å². The molecule has 0 spiro atoms. The summed E-state index contributed by atoms with van der Waals surface area (Å²) in [6.45, 7) is 5.27. The molecule has 0 aliphatic heterocycles. The molecule has 0 aromatic heterocycles. The molecule has 3 nitrogen and oxygen atoms in total. The van der Waals surface area contributed by atoms with Gasteiger partial charge in [-0.2, -0.15) is 0 Å². The van der Waals surface area contributed by atoms with Crippen molar-refractivity contribution in [3.05, 3.63) is 36.6 Å². The van der Waals surface area contributed by atoms with Gasteiger partial charge in [0.15, 0.2) is 11.5 Å². The third-order valence-corrected chi connectivity index (χ3v) is 1.40. The Morgan fingerprint density at radius 2 is 1.79 bits per heavy atom. The van der Waals surface area contributed by atoms with E-state index in [-0.39, 0.29) is 5.75 Å². The summed E-state index contributed by atoms with van der Waals surface area (Å²) >= 11 is 5.08. The first-order valence-electron chi connectivity index (χ1n) is 3.89. The Hall–Kier alpha value is -1.48. The molecule has 0 amide bonds. The number of hydrogen-bond acceptors (Lipinski definition) is 3. The lowest BCUT2D eigenvalue weighted by Crippen LogP contribution is -1.99. The van der Waals surface area contributed by atoms with Crippen molar-refractivity contribution >= 4 is 17.0 Å². The van der Waals surface area contributed by atoms with E-state index in [4.69, 9.17) is 21.1 Å². The van der Waals surface area contributed by atoms with E-state index in [9.17, 15) is 4.79 Å². The van der Waals surface area contributed by atoms with Gasteiger partial charge in [-0.15, -0.1) is 0 Å². The molecule has 0 radical (unpaired) electrons. The summed E-state index contributed by atoms with van der Waals surface area (Å²) in [5.74, 6) is 1.19. The number of benzene rings is 1. The molecule has 0 atom stereocenters. The fraction of sp³-hybridized carbons (Fsp3) is 0.100. The van der Waals surface area contributed by atoms with Crippen LogP contribution in [-0.2, 0) is 0 Å². The second kappa shape index (κ2) is 4.67. The average Bonchev–Trinajstić information content (AvgIpc) is 2.06. The minimum atomic E-state index is -0.900. The molecule has 0 saturated carbocycles. The summed E-state index contributed by atoms with van der Waals surface area (Å²) in [5.41, 5.74) is -0.900. The number of allylic oxidation sites excluding steroid dienone is 1. The summed E-state index contributed by atoms with van der Waals surface area (Å²) in [5, 5.41) is 0. The molecule has 0 heterocycles. The molecular formula is C10H9ClO3. The Labute approximate surface area is 86.9 Å². The summed E-state index contributed by atoms with van der Waals surface area (Å²) < 4.78 is 9.92. The summed E-state index contributed by atoms with van der Waals surface area (Å²) in [4.78, 5) is 10.5. The molecule has 0 saturated heterocycles. The zero-order valence-electron chi connectivity index (χ0n) is 7.62. The van der Waals surface area contributed by atoms with Crippen LogP contribution in [0.1, 0.15) is 6.92 Å². The summed E-state index contributed by atoms with van der Waals surface area (Å²) in [6.07, 6.45) is 0. The van der Waals surface area contributed by atoms with Crippen LogP contribution in [-0.4, -0.2) is 5.43 Å². The van der Waals surface area contributed by atoms with E-state index in [1.807, 2.05) is 0 Å². The van der Waals surface area contributed by atoms with Crippen molar-refractivity contribution in [1.29, 1.82) is 0 Å². The molecule has 1 rings (SSSR count). The average molecular weight is 213 g/mol. The van der Waals surface area contributed by atoms with Gasteiger partial charge >= 0.3 is 5.43 Å². The maximum absolute atomic E-state index is 10.5. The van der Waals surface area contributed by atoms with E-state index in [2.05, 4.69) is 6.58 Å². The van der Waals surface area contributed by atoms with Crippen molar-refractivity contribution < 1.29 is 14.3 Å². The third-order valence-electron chi connectivity index (χ3n) is 1.32. The third kappa shape index (κ3) is 3.11. The molecule has 4 heteroatoms. The monoisotopic (exact) mass is 212 g/mol. The summed E-state index contributed by atoms with van der Waals surface area (Å²) in [6, 6.07) is 6.70. The molecule has 0 unspecified atom stereocenters. The van der Waals surface area contributed by atoms with Gasteiger partial charge in [-0.1, -0.05) is 18.7 Å². The minimum Gasteiger partial charge on any atom is -0.459 e. The predicted molar refractivity (Wildman–Crippen MR) is 53.8 cm³/mol. The van der Waals surface area contributed by atoms with Gasteiger partial charge in [0.25, 0.3) is 0 Å². The quantitative estimate of drug-likeness (QED) is 0.570. The van der Waals surface area contributed by atoms with Crippen LogP contribution in [0.25, 0.3) is 0 Å². The van der Waals surface area contributed by atoms with E-state index < -0.39 is 5.43 Å². The standard InChI is InChI=1S/C10H9ClO3/c1-7(2)13-8-5-3-4-6-9(8)14-10(11)12/h3-6H,1H2,2H3. The molecule has 1 aromatic rings. The van der Waals surface area contributed by atoms with E-state index >= 15 is 0 Å². The molecule has 1 aromatic carbocycles. The van der Waals surface area contributed by atoms with Crippen LogP contribution >= 0.6 is 11.6 Å². The van der Waals surface area contributed by atoms with E-state index in [1.165, 1.54) is 0 Å². The summed E-state index contributed by atoms with van der Waals surface area (Å²) in [7, 11) is 0. The SMILES string of the molecule is C=C(C)Oc1ccccc1OC(=O)Cl. The zero-order chi connectivity index (χ0) is 10.6. The lowest BCUT2D eigenvalue weighted by Gasteiger charge is -2.08. The normalized spacial score (nSPS) is 9.29. The Kier molecular flexibility index (Phi) is 3.54. The van der Waals surface area contributed by atoms with Gasteiger partial charge in [0.2, 0.25) is 0 Å². The first-order chi connectivity index (χ1) is 6.59. The largest absolute Gasteiger partial charge is 0.459 e. The Bertz CT molecular complexity index is 325. The molecular weight excluding hydrogens is 204 g/mol. The number of ether oxygens (including phenoxy) is 2. The van der Waals surface area contributed by atoms with Gasteiger partial charge < -0.3 is 9.47 Å². The molecule has 0 aliphatic rings. The van der Waals surface area contributed by atoms with Crippen LogP contribution in [0.15, 0.2) is 36.6 Å². The lowest BCUT2D eigenvalue weighted by molar-refractivity contribution is 0.223. The number of rotatable bonds is 3. The van der Waals surface area contributed by atoms with Crippen LogP contribution in [0, 0.1) is 0 Å². The van der Waals surface area contributed by atoms with Crippen LogP contribution in [0.3, 0.4) is 0 Å². The maximum atomic E-state index is 10.5. The molecule has 74 valence electrons. The fourth-order valence-electron chi connectivity index (χ4n) is 0.893. The number of para-hydroxylation sites is 2. The Balaban J connectivity index is 2.90. The second-order valence-corrected chi connectivity index (χ2v) is 2.90. The van der Waals surface area contributed by atoms with Crippen molar-refractivity contribution in [2.45, 2.75) is 6.92 Å². The smallest absolute Gasteiger partial charge is 0.409 e. The predicted octanol–water partition coefficient (Wildman–Crippen LogP) is 3.34. The van der Waals surface area contributed by atoms with Gasteiger partial charge in [-0.25, -0.2) is 4.79 Å². The van der Waals surface area contributed by atoms with Gasteiger partial charge in [-0.3, -0.25) is 0 Å². The highest BCUT2D eigenvalue weighted by Crippen LogP contribution is 2.28. The van der Waals surface area contributed by atoms with E-state index in [1.54, 1.807) is 31.2 Å². The van der Waals surface area contributed by atoms with Gasteiger partial charge in [-0.05, 0) is 19.1 Å². The van der Waals surface area contributed by atoms with Crippen molar-refractivity contribution in [2.75, 3.05) is 0 Å². The van der Waals surface area contributed by atoms with Crippen molar-refractivity contribution in [3.63, 3.8) is 0 Å². The van der Waals surface area contributed by atoms with E-state index in [0.717, 1.165) is 0 Å². The Morgan fingerprint density at radius 1 is 1.29 bits per heavy atom. The number of carbonyl (C=O) groups is 1. The number of carbonyl (C=O) groups excluding carboxylic acids is 1.